The van der Waals surface area contributed by atoms with Gasteiger partial charge in [0.2, 0.25) is 5.65 Å². The number of hydrogen-bond donors (Lipinski definition) is 1. The van der Waals surface area contributed by atoms with Crippen LogP contribution < -0.4 is 15.3 Å². The van der Waals surface area contributed by atoms with Crippen LogP contribution in [0.1, 0.15) is 19.3 Å². The van der Waals surface area contributed by atoms with E-state index in [0.717, 1.165) is 12.3 Å². The summed E-state index contributed by atoms with van der Waals surface area (Å²) in [7, 11) is 1.53. The molecule has 0 spiro atoms. The van der Waals surface area contributed by atoms with Gasteiger partial charge in [0.15, 0.2) is 11.3 Å². The van der Waals surface area contributed by atoms with Gasteiger partial charge in [-0.3, -0.25) is 0 Å². The second-order valence-corrected chi connectivity index (χ2v) is 4.39. The number of nitrogens with two attached hydrogens (primary N) is 1. The molecule has 0 aliphatic heterocycles. The first-order chi connectivity index (χ1) is 8.79. The molecule has 0 amide bonds. The summed E-state index contributed by atoms with van der Waals surface area (Å²) >= 11 is 0. The highest BCUT2D eigenvalue weighted by Crippen LogP contribution is 2.32. The lowest BCUT2D eigenvalue weighted by atomic mass is 10.3. The van der Waals surface area contributed by atoms with Crippen LogP contribution in [0.2, 0.25) is 0 Å². The molecule has 0 aromatic carbocycles. The molecule has 7 heteroatoms. The van der Waals surface area contributed by atoms with Crippen LogP contribution in [-0.4, -0.2) is 33.4 Å². The van der Waals surface area contributed by atoms with Crippen molar-refractivity contribution >= 4 is 17.0 Å². The van der Waals surface area contributed by atoms with E-state index >= 15 is 0 Å². The van der Waals surface area contributed by atoms with E-state index in [4.69, 9.17) is 15.3 Å². The fourth-order valence-corrected chi connectivity index (χ4v) is 1.83. The summed E-state index contributed by atoms with van der Waals surface area (Å²) in [5, 5.41) is 0. The lowest BCUT2D eigenvalue weighted by Gasteiger charge is -2.08. The minimum atomic E-state index is 0.322. The quantitative estimate of drug-likeness (QED) is 0.836. The minimum absolute atomic E-state index is 0.322. The zero-order valence-electron chi connectivity index (χ0n) is 10.2. The number of methoxy groups -OCH3 is 1. The van der Waals surface area contributed by atoms with Gasteiger partial charge in [0.1, 0.15) is 12.9 Å². The summed E-state index contributed by atoms with van der Waals surface area (Å²) in [6.45, 7) is 0.621. The molecule has 2 N–H and O–H groups in total. The lowest BCUT2D eigenvalue weighted by molar-refractivity contribution is 0.0915. The molecule has 0 atom stereocenters. The van der Waals surface area contributed by atoms with Crippen molar-refractivity contribution in [3.63, 3.8) is 0 Å². The summed E-state index contributed by atoms with van der Waals surface area (Å²) in [6.07, 6.45) is 5.05. The van der Waals surface area contributed by atoms with E-state index in [1.165, 1.54) is 31.0 Å². The average Bonchev–Trinajstić information content (AvgIpc) is 3.12. The van der Waals surface area contributed by atoms with E-state index in [0.29, 0.717) is 29.6 Å². The zero-order valence-corrected chi connectivity index (χ0v) is 10.2. The Morgan fingerprint density at radius 1 is 1.44 bits per heavy atom. The molecule has 0 unspecified atom stereocenters. The van der Waals surface area contributed by atoms with Crippen LogP contribution in [0, 0.1) is 5.92 Å². The van der Waals surface area contributed by atoms with Crippen LogP contribution in [0.25, 0.3) is 11.2 Å². The van der Waals surface area contributed by atoms with Gasteiger partial charge in [-0.2, -0.15) is 4.98 Å². The van der Waals surface area contributed by atoms with Crippen LogP contribution in [0.4, 0.5) is 5.82 Å². The molecule has 3 rings (SSSR count). The summed E-state index contributed by atoms with van der Waals surface area (Å²) in [4.78, 5) is 17.9. The summed E-state index contributed by atoms with van der Waals surface area (Å²) < 4.78 is 6.64. The molecule has 0 radical (unpaired) electrons. The number of fused-ring (bicyclic) bond motifs is 1. The third-order valence-electron chi connectivity index (χ3n) is 3.03. The normalized spacial score (nSPS) is 14.9. The number of anilines is 1. The molecule has 1 fully saturated rings. The van der Waals surface area contributed by atoms with Gasteiger partial charge >= 0.3 is 6.01 Å². The van der Waals surface area contributed by atoms with Crippen molar-refractivity contribution < 1.29 is 9.57 Å². The van der Waals surface area contributed by atoms with Crippen molar-refractivity contribution in [3.8, 4) is 6.01 Å². The fourth-order valence-electron chi connectivity index (χ4n) is 1.83. The van der Waals surface area contributed by atoms with Crippen LogP contribution in [-0.2, 0) is 0 Å². The minimum Gasteiger partial charge on any atom is -0.466 e. The van der Waals surface area contributed by atoms with E-state index in [9.17, 15) is 0 Å². The predicted molar refractivity (Wildman–Crippen MR) is 65.1 cm³/mol. The van der Waals surface area contributed by atoms with Crippen molar-refractivity contribution in [3.05, 3.63) is 6.33 Å². The van der Waals surface area contributed by atoms with Gasteiger partial charge in [0.25, 0.3) is 0 Å². The smallest absolute Gasteiger partial charge is 0.332 e. The number of aromatic nitrogens is 4. The SMILES string of the molecule is COc1nc2c(N)ncnc2n1OCCC1CC1. The third-order valence-corrected chi connectivity index (χ3v) is 3.03. The highest BCUT2D eigenvalue weighted by atomic mass is 16.7. The number of ether oxygens (including phenoxy) is 1. The standard InChI is InChI=1S/C11H15N5O2/c1-17-11-15-8-9(12)13-6-14-10(8)16(11)18-5-4-7-2-3-7/h6-7H,2-5H2,1H3,(H2,12,13,14). The monoisotopic (exact) mass is 249 g/mol. The molecule has 2 aromatic rings. The Hall–Kier alpha value is -2.05. The molecular formula is C11H15N5O2. The molecule has 1 aliphatic carbocycles. The molecule has 2 heterocycles. The highest BCUT2D eigenvalue weighted by molar-refractivity contribution is 5.82. The first-order valence-electron chi connectivity index (χ1n) is 5.96. The van der Waals surface area contributed by atoms with Crippen LogP contribution >= 0.6 is 0 Å². The van der Waals surface area contributed by atoms with Crippen LogP contribution in [0.5, 0.6) is 6.01 Å². The molecule has 18 heavy (non-hydrogen) atoms. The van der Waals surface area contributed by atoms with Gasteiger partial charge in [-0.1, -0.05) is 12.8 Å². The summed E-state index contributed by atoms with van der Waals surface area (Å²) in [5.74, 6) is 1.13. The Kier molecular flexibility index (Phi) is 2.66. The van der Waals surface area contributed by atoms with Gasteiger partial charge in [-0.15, -0.1) is 4.73 Å². The van der Waals surface area contributed by atoms with Crippen molar-refractivity contribution in [2.75, 3.05) is 19.5 Å². The molecule has 0 saturated heterocycles. The second-order valence-electron chi connectivity index (χ2n) is 4.39. The Morgan fingerprint density at radius 2 is 2.28 bits per heavy atom. The molecule has 7 nitrogen and oxygen atoms in total. The maximum atomic E-state index is 5.74. The number of rotatable bonds is 5. The first kappa shape index (κ1) is 11.1. The number of nitrogens with zero attached hydrogens (tertiary/aromatic N) is 4. The third kappa shape index (κ3) is 1.92. The Morgan fingerprint density at radius 3 is 3.00 bits per heavy atom. The van der Waals surface area contributed by atoms with E-state index < -0.39 is 0 Å². The van der Waals surface area contributed by atoms with Gasteiger partial charge in [0.05, 0.1) is 7.11 Å². The van der Waals surface area contributed by atoms with E-state index in [2.05, 4.69) is 15.0 Å². The molecule has 96 valence electrons. The lowest BCUT2D eigenvalue weighted by Crippen LogP contribution is -2.15. The predicted octanol–water partition coefficient (Wildman–Crippen LogP) is 0.646. The molecule has 0 bridgehead atoms. The van der Waals surface area contributed by atoms with Crippen LogP contribution in [0.3, 0.4) is 0 Å². The van der Waals surface area contributed by atoms with Crippen LogP contribution in [0.15, 0.2) is 6.33 Å². The number of nitrogen functional groups attached to an aromatic ring is 1. The maximum Gasteiger partial charge on any atom is 0.332 e. The zero-order chi connectivity index (χ0) is 12.5. The maximum absolute atomic E-state index is 5.74. The van der Waals surface area contributed by atoms with E-state index in [-0.39, 0.29) is 0 Å². The first-order valence-corrected chi connectivity index (χ1v) is 5.96. The summed E-state index contributed by atoms with van der Waals surface area (Å²) in [6, 6.07) is 0.341. The molecule has 2 aromatic heterocycles. The number of hydrogen-bond acceptors (Lipinski definition) is 6. The van der Waals surface area contributed by atoms with Gasteiger partial charge in [-0.05, 0) is 12.3 Å². The Balaban J connectivity index is 1.89. The second kappa shape index (κ2) is 4.32. The van der Waals surface area contributed by atoms with Crippen molar-refractivity contribution in [1.82, 2.24) is 19.7 Å². The molecular weight excluding hydrogens is 234 g/mol. The van der Waals surface area contributed by atoms with Gasteiger partial charge in [0, 0.05) is 0 Å². The van der Waals surface area contributed by atoms with Crippen molar-refractivity contribution in [2.45, 2.75) is 19.3 Å². The Labute approximate surface area is 104 Å². The Bertz CT molecular complexity index is 564. The topological polar surface area (TPSA) is 88.1 Å². The van der Waals surface area contributed by atoms with E-state index in [1.807, 2.05) is 0 Å². The largest absolute Gasteiger partial charge is 0.466 e. The summed E-state index contributed by atoms with van der Waals surface area (Å²) in [5.41, 5.74) is 6.78. The van der Waals surface area contributed by atoms with Crippen molar-refractivity contribution in [1.29, 1.82) is 0 Å². The van der Waals surface area contributed by atoms with Crippen molar-refractivity contribution in [2.24, 2.45) is 5.92 Å². The highest BCUT2D eigenvalue weighted by Gasteiger charge is 2.22. The molecule has 1 aliphatic rings. The molecule has 1 saturated carbocycles. The number of imidazole rings is 1. The van der Waals surface area contributed by atoms with Gasteiger partial charge in [-0.25, -0.2) is 9.97 Å². The van der Waals surface area contributed by atoms with E-state index in [1.54, 1.807) is 0 Å². The fraction of sp³-hybridized carbons (Fsp3) is 0.545. The van der Waals surface area contributed by atoms with Gasteiger partial charge < -0.3 is 15.3 Å². The average molecular weight is 249 g/mol.